The largest absolute Gasteiger partial charge is 0.389 e. The third-order valence-corrected chi connectivity index (χ3v) is 2.79. The van der Waals surface area contributed by atoms with Crippen LogP contribution in [0, 0.1) is 0 Å². The van der Waals surface area contributed by atoms with E-state index in [2.05, 4.69) is 24.1 Å². The molecule has 0 radical (unpaired) electrons. The first kappa shape index (κ1) is 14.1. The number of rotatable bonds is 7. The van der Waals surface area contributed by atoms with Crippen molar-refractivity contribution in [3.63, 3.8) is 0 Å². The van der Waals surface area contributed by atoms with Crippen molar-refractivity contribution in [1.29, 1.82) is 0 Å². The number of nitrogens with zero attached hydrogens (tertiary/aromatic N) is 1. The Balaban J connectivity index is 2.50. The first-order valence-electron chi connectivity index (χ1n) is 5.69. The molecular formula is C13H20N2OS. The van der Waals surface area contributed by atoms with Crippen LogP contribution in [0.25, 0.3) is 0 Å². The molecule has 0 atom stereocenters. The van der Waals surface area contributed by atoms with E-state index < -0.39 is 0 Å². The fourth-order valence-corrected chi connectivity index (χ4v) is 1.82. The van der Waals surface area contributed by atoms with Gasteiger partial charge in [-0.25, -0.2) is 0 Å². The van der Waals surface area contributed by atoms with Gasteiger partial charge in [0.15, 0.2) is 0 Å². The second-order valence-electron chi connectivity index (χ2n) is 4.15. The van der Waals surface area contributed by atoms with Gasteiger partial charge in [0.2, 0.25) is 0 Å². The molecule has 0 spiro atoms. The SMILES string of the molecule is COCCCN(C)Cc1cccc(C(N)=S)c1. The Morgan fingerprint density at radius 2 is 2.24 bits per heavy atom. The number of hydrogen-bond acceptors (Lipinski definition) is 3. The van der Waals surface area contributed by atoms with Gasteiger partial charge in [-0.05, 0) is 25.1 Å². The van der Waals surface area contributed by atoms with Gasteiger partial charge in [0.05, 0.1) is 0 Å². The molecule has 1 aromatic carbocycles. The van der Waals surface area contributed by atoms with E-state index in [-0.39, 0.29) is 0 Å². The van der Waals surface area contributed by atoms with Gasteiger partial charge >= 0.3 is 0 Å². The van der Waals surface area contributed by atoms with Crippen LogP contribution in [0.2, 0.25) is 0 Å². The predicted octanol–water partition coefficient (Wildman–Crippen LogP) is 1.79. The average Bonchev–Trinajstić information content (AvgIpc) is 2.29. The van der Waals surface area contributed by atoms with E-state index in [0.717, 1.165) is 31.7 Å². The molecule has 0 aliphatic rings. The third kappa shape index (κ3) is 5.26. The molecule has 0 saturated heterocycles. The molecule has 0 aliphatic heterocycles. The Kier molecular flexibility index (Phi) is 6.11. The first-order valence-corrected chi connectivity index (χ1v) is 6.10. The van der Waals surface area contributed by atoms with Crippen LogP contribution in [-0.2, 0) is 11.3 Å². The molecule has 1 aromatic rings. The minimum Gasteiger partial charge on any atom is -0.389 e. The molecule has 0 heterocycles. The van der Waals surface area contributed by atoms with Crippen LogP contribution in [0.15, 0.2) is 24.3 Å². The van der Waals surface area contributed by atoms with Crippen molar-refractivity contribution >= 4 is 17.2 Å². The van der Waals surface area contributed by atoms with Crippen molar-refractivity contribution in [3.8, 4) is 0 Å². The molecule has 17 heavy (non-hydrogen) atoms. The minimum absolute atomic E-state index is 0.453. The monoisotopic (exact) mass is 252 g/mol. The van der Waals surface area contributed by atoms with Gasteiger partial charge in [-0.3, -0.25) is 0 Å². The maximum Gasteiger partial charge on any atom is 0.103 e. The van der Waals surface area contributed by atoms with Gasteiger partial charge in [0, 0.05) is 32.4 Å². The molecule has 0 amide bonds. The van der Waals surface area contributed by atoms with Crippen LogP contribution in [0.1, 0.15) is 17.5 Å². The minimum atomic E-state index is 0.453. The second kappa shape index (κ2) is 7.37. The highest BCUT2D eigenvalue weighted by atomic mass is 32.1. The van der Waals surface area contributed by atoms with Crippen molar-refractivity contribution in [2.75, 3.05) is 27.3 Å². The standard InChI is InChI=1S/C13H20N2OS/c1-15(7-4-8-16-2)10-11-5-3-6-12(9-11)13(14)17/h3,5-6,9H,4,7-8,10H2,1-2H3,(H2,14,17). The predicted molar refractivity (Wildman–Crippen MR) is 75.2 cm³/mol. The normalized spacial score (nSPS) is 10.8. The lowest BCUT2D eigenvalue weighted by Gasteiger charge is -2.16. The molecule has 0 aliphatic carbocycles. The van der Waals surface area contributed by atoms with E-state index in [4.69, 9.17) is 22.7 Å². The zero-order valence-corrected chi connectivity index (χ0v) is 11.3. The molecule has 0 fully saturated rings. The van der Waals surface area contributed by atoms with Crippen molar-refractivity contribution in [2.24, 2.45) is 5.73 Å². The Morgan fingerprint density at radius 3 is 2.88 bits per heavy atom. The van der Waals surface area contributed by atoms with Gasteiger partial charge < -0.3 is 15.4 Å². The molecule has 0 unspecified atom stereocenters. The summed E-state index contributed by atoms with van der Waals surface area (Å²) < 4.78 is 5.03. The maximum atomic E-state index is 5.61. The number of methoxy groups -OCH3 is 1. The summed E-state index contributed by atoms with van der Waals surface area (Å²) in [6, 6.07) is 8.08. The van der Waals surface area contributed by atoms with E-state index in [0.29, 0.717) is 4.99 Å². The van der Waals surface area contributed by atoms with Crippen molar-refractivity contribution in [2.45, 2.75) is 13.0 Å². The number of benzene rings is 1. The van der Waals surface area contributed by atoms with Crippen molar-refractivity contribution in [3.05, 3.63) is 35.4 Å². The van der Waals surface area contributed by atoms with Crippen LogP contribution in [0.4, 0.5) is 0 Å². The fourth-order valence-electron chi connectivity index (χ4n) is 1.69. The van der Waals surface area contributed by atoms with Gasteiger partial charge in [0.25, 0.3) is 0 Å². The molecule has 3 nitrogen and oxygen atoms in total. The average molecular weight is 252 g/mol. The van der Waals surface area contributed by atoms with Gasteiger partial charge in [-0.1, -0.05) is 30.4 Å². The van der Waals surface area contributed by atoms with E-state index in [1.807, 2.05) is 12.1 Å². The topological polar surface area (TPSA) is 38.5 Å². The van der Waals surface area contributed by atoms with E-state index in [9.17, 15) is 0 Å². The van der Waals surface area contributed by atoms with Crippen molar-refractivity contribution in [1.82, 2.24) is 4.90 Å². The lowest BCUT2D eigenvalue weighted by atomic mass is 10.1. The number of nitrogens with two attached hydrogens (primary N) is 1. The summed E-state index contributed by atoms with van der Waals surface area (Å²) in [6.45, 7) is 2.72. The highest BCUT2D eigenvalue weighted by molar-refractivity contribution is 7.80. The number of thiocarbonyl (C=S) groups is 1. The van der Waals surface area contributed by atoms with Crippen LogP contribution in [-0.4, -0.2) is 37.2 Å². The first-order chi connectivity index (χ1) is 8.13. The van der Waals surface area contributed by atoms with E-state index >= 15 is 0 Å². The van der Waals surface area contributed by atoms with E-state index in [1.165, 1.54) is 5.56 Å². The lowest BCUT2D eigenvalue weighted by Crippen LogP contribution is -2.20. The summed E-state index contributed by atoms with van der Waals surface area (Å²) in [5.41, 5.74) is 7.78. The van der Waals surface area contributed by atoms with Gasteiger partial charge in [-0.2, -0.15) is 0 Å². The summed E-state index contributed by atoms with van der Waals surface area (Å²) in [5, 5.41) is 0. The number of ether oxygens (including phenoxy) is 1. The maximum absolute atomic E-state index is 5.61. The van der Waals surface area contributed by atoms with Gasteiger partial charge in [0.1, 0.15) is 4.99 Å². The molecule has 2 N–H and O–H groups in total. The highest BCUT2D eigenvalue weighted by Gasteiger charge is 2.02. The molecule has 0 aromatic heterocycles. The summed E-state index contributed by atoms with van der Waals surface area (Å²) >= 11 is 4.97. The summed E-state index contributed by atoms with van der Waals surface area (Å²) in [6.07, 6.45) is 1.04. The van der Waals surface area contributed by atoms with E-state index in [1.54, 1.807) is 7.11 Å². The molecule has 1 rings (SSSR count). The fraction of sp³-hybridized carbons (Fsp3) is 0.462. The van der Waals surface area contributed by atoms with Crippen LogP contribution < -0.4 is 5.73 Å². The summed E-state index contributed by atoms with van der Waals surface area (Å²) in [4.78, 5) is 2.71. The van der Waals surface area contributed by atoms with Crippen molar-refractivity contribution < 1.29 is 4.74 Å². The number of hydrogen-bond donors (Lipinski definition) is 1. The molecular weight excluding hydrogens is 232 g/mol. The smallest absolute Gasteiger partial charge is 0.103 e. The highest BCUT2D eigenvalue weighted by Crippen LogP contribution is 2.08. The summed E-state index contributed by atoms with van der Waals surface area (Å²) in [5.74, 6) is 0. The Morgan fingerprint density at radius 1 is 1.47 bits per heavy atom. The Hall–Kier alpha value is -0.970. The zero-order valence-electron chi connectivity index (χ0n) is 10.5. The molecule has 0 saturated carbocycles. The molecule has 94 valence electrons. The second-order valence-corrected chi connectivity index (χ2v) is 4.59. The Labute approximate surface area is 109 Å². The van der Waals surface area contributed by atoms with Crippen LogP contribution in [0.3, 0.4) is 0 Å². The summed E-state index contributed by atoms with van der Waals surface area (Å²) in [7, 11) is 3.83. The zero-order chi connectivity index (χ0) is 12.7. The van der Waals surface area contributed by atoms with Gasteiger partial charge in [-0.15, -0.1) is 0 Å². The van der Waals surface area contributed by atoms with Crippen LogP contribution in [0.5, 0.6) is 0 Å². The molecule has 0 bridgehead atoms. The Bertz CT molecular complexity index is 368. The molecule has 4 heteroatoms. The third-order valence-electron chi connectivity index (χ3n) is 2.55. The lowest BCUT2D eigenvalue weighted by molar-refractivity contribution is 0.178. The quantitative estimate of drug-likeness (QED) is 0.593. The van der Waals surface area contributed by atoms with Crippen LogP contribution >= 0.6 is 12.2 Å².